The third kappa shape index (κ3) is 2.46. The van der Waals surface area contributed by atoms with E-state index in [9.17, 15) is 10.5 Å². The van der Waals surface area contributed by atoms with Crippen LogP contribution < -0.4 is 11.5 Å². The summed E-state index contributed by atoms with van der Waals surface area (Å²) in [7, 11) is 0. The molecule has 0 saturated carbocycles. The van der Waals surface area contributed by atoms with Crippen LogP contribution in [-0.2, 0) is 0 Å². The molecule has 2 rings (SSSR count). The SMILES string of the molecule is N#CC1=C(N)SC(N)=C(C#N)C1c1ccc(Br)cc1. The summed E-state index contributed by atoms with van der Waals surface area (Å²) in [4.78, 5) is 0. The van der Waals surface area contributed by atoms with Gasteiger partial charge in [-0.15, -0.1) is 0 Å². The molecule has 1 aliphatic rings. The molecule has 19 heavy (non-hydrogen) atoms. The molecule has 0 unspecified atom stereocenters. The molecular weight excluding hydrogens is 324 g/mol. The molecule has 0 radical (unpaired) electrons. The number of benzene rings is 1. The highest BCUT2D eigenvalue weighted by molar-refractivity contribution is 9.10. The maximum atomic E-state index is 9.26. The third-order valence-corrected chi connectivity index (χ3v) is 4.18. The number of nitrogens with zero attached hydrogens (tertiary/aromatic N) is 2. The van der Waals surface area contributed by atoms with Gasteiger partial charge in [-0.25, -0.2) is 0 Å². The van der Waals surface area contributed by atoms with Gasteiger partial charge in [-0.2, -0.15) is 10.5 Å². The van der Waals surface area contributed by atoms with Crippen molar-refractivity contribution in [2.45, 2.75) is 5.92 Å². The number of rotatable bonds is 1. The molecular formula is C13H9BrN4S. The van der Waals surface area contributed by atoms with E-state index in [-0.39, 0.29) is 0 Å². The lowest BCUT2D eigenvalue weighted by Gasteiger charge is -2.23. The van der Waals surface area contributed by atoms with Crippen LogP contribution in [-0.4, -0.2) is 0 Å². The first kappa shape index (κ1) is 13.5. The van der Waals surface area contributed by atoms with Crippen molar-refractivity contribution in [2.75, 3.05) is 0 Å². The van der Waals surface area contributed by atoms with Gasteiger partial charge >= 0.3 is 0 Å². The number of nitrogens with two attached hydrogens (primary N) is 2. The summed E-state index contributed by atoms with van der Waals surface area (Å²) >= 11 is 4.42. The Morgan fingerprint density at radius 1 is 1.00 bits per heavy atom. The van der Waals surface area contributed by atoms with Crippen molar-refractivity contribution in [3.05, 3.63) is 55.5 Å². The zero-order valence-corrected chi connectivity index (χ0v) is 12.1. The molecule has 0 amide bonds. The minimum atomic E-state index is -0.482. The van der Waals surface area contributed by atoms with Crippen molar-refractivity contribution in [1.29, 1.82) is 10.5 Å². The molecule has 0 saturated heterocycles. The highest BCUT2D eigenvalue weighted by Crippen LogP contribution is 2.42. The zero-order chi connectivity index (χ0) is 14.0. The third-order valence-electron chi connectivity index (χ3n) is 2.77. The molecule has 4 nitrogen and oxygen atoms in total. The van der Waals surface area contributed by atoms with Crippen molar-refractivity contribution >= 4 is 27.7 Å². The van der Waals surface area contributed by atoms with Gasteiger partial charge in [-0.1, -0.05) is 39.8 Å². The van der Waals surface area contributed by atoms with Crippen LogP contribution in [0.25, 0.3) is 0 Å². The first-order valence-corrected chi connectivity index (χ1v) is 6.92. The average molecular weight is 333 g/mol. The standard InChI is InChI=1S/C13H9BrN4S/c14-8-3-1-7(2-4-8)11-9(5-15)12(17)19-13(18)10(11)6-16/h1-4,11H,17-18H2. The lowest BCUT2D eigenvalue weighted by Crippen LogP contribution is -2.18. The van der Waals surface area contributed by atoms with Crippen LogP contribution >= 0.6 is 27.7 Å². The zero-order valence-electron chi connectivity index (χ0n) is 9.72. The predicted molar refractivity (Wildman–Crippen MR) is 78.1 cm³/mol. The highest BCUT2D eigenvalue weighted by Gasteiger charge is 2.30. The summed E-state index contributed by atoms with van der Waals surface area (Å²) in [5.41, 5.74) is 13.3. The van der Waals surface area contributed by atoms with E-state index in [4.69, 9.17) is 11.5 Å². The van der Waals surface area contributed by atoms with E-state index < -0.39 is 5.92 Å². The molecule has 0 fully saturated rings. The first-order valence-electron chi connectivity index (χ1n) is 5.31. The molecule has 4 N–H and O–H groups in total. The van der Waals surface area contributed by atoms with E-state index in [0.29, 0.717) is 21.2 Å². The molecule has 1 aliphatic heterocycles. The molecule has 0 atom stereocenters. The van der Waals surface area contributed by atoms with Crippen molar-refractivity contribution < 1.29 is 0 Å². The summed E-state index contributed by atoms with van der Waals surface area (Å²) < 4.78 is 0.923. The second kappa shape index (κ2) is 5.40. The van der Waals surface area contributed by atoms with Crippen LogP contribution in [0.15, 0.2) is 49.9 Å². The van der Waals surface area contributed by atoms with E-state index in [1.807, 2.05) is 24.3 Å². The van der Waals surface area contributed by atoms with Gasteiger partial charge in [0.05, 0.1) is 39.3 Å². The van der Waals surface area contributed by atoms with Crippen molar-refractivity contribution in [2.24, 2.45) is 11.5 Å². The summed E-state index contributed by atoms with van der Waals surface area (Å²) in [5.74, 6) is -0.482. The lowest BCUT2D eigenvalue weighted by molar-refractivity contribution is 0.957. The van der Waals surface area contributed by atoms with E-state index in [0.717, 1.165) is 21.8 Å². The Kier molecular flexibility index (Phi) is 3.84. The Morgan fingerprint density at radius 2 is 1.47 bits per heavy atom. The quantitative estimate of drug-likeness (QED) is 0.823. The molecule has 1 aromatic carbocycles. The van der Waals surface area contributed by atoms with Gasteiger partial charge in [-0.05, 0) is 17.7 Å². The number of allylic oxidation sites excluding steroid dienone is 2. The second-order valence-electron chi connectivity index (χ2n) is 3.87. The maximum Gasteiger partial charge on any atom is 0.0985 e. The van der Waals surface area contributed by atoms with Crippen LogP contribution in [0, 0.1) is 22.7 Å². The molecule has 0 spiro atoms. The molecule has 0 bridgehead atoms. The Labute approximate surface area is 123 Å². The van der Waals surface area contributed by atoms with Crippen molar-refractivity contribution in [3.63, 3.8) is 0 Å². The van der Waals surface area contributed by atoms with Crippen LogP contribution in [0.5, 0.6) is 0 Å². The molecule has 0 aliphatic carbocycles. The summed E-state index contributed by atoms with van der Waals surface area (Å²) in [6, 6.07) is 11.6. The van der Waals surface area contributed by atoms with Gasteiger partial charge in [0, 0.05) is 4.47 Å². The first-order chi connectivity index (χ1) is 9.08. The Morgan fingerprint density at radius 3 is 1.89 bits per heavy atom. The summed E-state index contributed by atoms with van der Waals surface area (Å²) in [5, 5.41) is 19.2. The number of hydrogen-bond acceptors (Lipinski definition) is 5. The van der Waals surface area contributed by atoms with Crippen molar-refractivity contribution in [1.82, 2.24) is 0 Å². The fourth-order valence-corrected chi connectivity index (χ4v) is 2.93. The number of nitriles is 2. The van der Waals surface area contributed by atoms with Gasteiger partial charge in [0.15, 0.2) is 0 Å². The minimum absolute atomic E-state index is 0.354. The fourth-order valence-electron chi connectivity index (χ4n) is 1.89. The van der Waals surface area contributed by atoms with E-state index in [1.165, 1.54) is 0 Å². The van der Waals surface area contributed by atoms with Gasteiger partial charge in [0.2, 0.25) is 0 Å². The largest absolute Gasteiger partial charge is 0.392 e. The van der Waals surface area contributed by atoms with Gasteiger partial charge in [0.25, 0.3) is 0 Å². The van der Waals surface area contributed by atoms with Gasteiger partial charge in [0.1, 0.15) is 0 Å². The molecule has 1 heterocycles. The Balaban J connectivity index is 2.61. The van der Waals surface area contributed by atoms with Gasteiger partial charge < -0.3 is 11.5 Å². The monoisotopic (exact) mass is 332 g/mol. The van der Waals surface area contributed by atoms with Gasteiger partial charge in [-0.3, -0.25) is 0 Å². The van der Waals surface area contributed by atoms with Crippen LogP contribution in [0.2, 0.25) is 0 Å². The normalized spacial score (nSPS) is 16.2. The Bertz CT molecular complexity index is 625. The predicted octanol–water partition coefficient (Wildman–Crippen LogP) is 2.67. The van der Waals surface area contributed by atoms with Crippen LogP contribution in [0.4, 0.5) is 0 Å². The van der Waals surface area contributed by atoms with Crippen molar-refractivity contribution in [3.8, 4) is 12.1 Å². The second-order valence-corrected chi connectivity index (χ2v) is 5.87. The smallest absolute Gasteiger partial charge is 0.0985 e. The molecule has 94 valence electrons. The lowest BCUT2D eigenvalue weighted by atomic mass is 9.86. The topological polar surface area (TPSA) is 99.6 Å². The van der Waals surface area contributed by atoms with Crippen LogP contribution in [0.3, 0.4) is 0 Å². The minimum Gasteiger partial charge on any atom is -0.392 e. The Hall–Kier alpha value is -1.89. The number of halogens is 1. The number of thioether (sulfide) groups is 1. The average Bonchev–Trinajstić information content (AvgIpc) is 2.39. The van der Waals surface area contributed by atoms with E-state index in [2.05, 4.69) is 28.1 Å². The molecule has 6 heteroatoms. The summed E-state index contributed by atoms with van der Waals surface area (Å²) in [6.45, 7) is 0. The van der Waals surface area contributed by atoms with Crippen LogP contribution in [0.1, 0.15) is 11.5 Å². The highest BCUT2D eigenvalue weighted by atomic mass is 79.9. The fraction of sp³-hybridized carbons (Fsp3) is 0.0769. The van der Waals surface area contributed by atoms with E-state index >= 15 is 0 Å². The van der Waals surface area contributed by atoms with E-state index in [1.54, 1.807) is 0 Å². The summed E-state index contributed by atoms with van der Waals surface area (Å²) in [6.07, 6.45) is 0. The number of hydrogen-bond donors (Lipinski definition) is 2. The molecule has 0 aromatic heterocycles. The molecule has 1 aromatic rings. The maximum absolute atomic E-state index is 9.26.